The minimum Gasteiger partial charge on any atom is -0.377 e. The molecule has 1 aromatic heterocycles. The molecule has 3 nitrogen and oxygen atoms in total. The molecule has 1 atom stereocenters. The van der Waals surface area contributed by atoms with Crippen LogP contribution >= 0.6 is 27.3 Å². The van der Waals surface area contributed by atoms with Gasteiger partial charge in [-0.05, 0) is 47.3 Å². The van der Waals surface area contributed by atoms with Crippen molar-refractivity contribution >= 4 is 33.0 Å². The number of Topliss-reactive ketones (excluding diaryl/α,β-unsaturated/α-hetero) is 1. The summed E-state index contributed by atoms with van der Waals surface area (Å²) in [6.07, 6.45) is 2.56. The number of thiophene rings is 1. The Morgan fingerprint density at radius 3 is 3.12 bits per heavy atom. The molecule has 1 aromatic rings. The fraction of sp³-hybridized carbons (Fsp3) is 0.583. The van der Waals surface area contributed by atoms with Crippen LogP contribution in [0.2, 0.25) is 0 Å². The summed E-state index contributed by atoms with van der Waals surface area (Å²) in [6, 6.07) is 1.91. The molecule has 5 heteroatoms. The van der Waals surface area contributed by atoms with Crippen molar-refractivity contribution in [2.45, 2.75) is 18.9 Å². The van der Waals surface area contributed by atoms with Crippen molar-refractivity contribution in [2.24, 2.45) is 0 Å². The second-order valence-electron chi connectivity index (χ2n) is 4.35. The van der Waals surface area contributed by atoms with Gasteiger partial charge in [0.1, 0.15) is 0 Å². The molecule has 17 heavy (non-hydrogen) atoms. The fourth-order valence-corrected chi connectivity index (χ4v) is 3.54. The summed E-state index contributed by atoms with van der Waals surface area (Å²) in [6.45, 7) is 2.16. The third kappa shape index (κ3) is 3.61. The Labute approximate surface area is 114 Å². The van der Waals surface area contributed by atoms with E-state index < -0.39 is 0 Å². The first-order valence-corrected chi connectivity index (χ1v) is 7.40. The summed E-state index contributed by atoms with van der Waals surface area (Å²) in [7, 11) is 1.97. The lowest BCUT2D eigenvalue weighted by Crippen LogP contribution is -2.32. The molecule has 0 N–H and O–H groups in total. The molecule has 0 amide bonds. The minimum absolute atomic E-state index is 0.173. The Morgan fingerprint density at radius 2 is 2.53 bits per heavy atom. The zero-order chi connectivity index (χ0) is 12.3. The fourth-order valence-electron chi connectivity index (χ4n) is 2.01. The first kappa shape index (κ1) is 13.2. The zero-order valence-electron chi connectivity index (χ0n) is 9.82. The second-order valence-corrected chi connectivity index (χ2v) is 6.12. The number of carbonyl (C=O) groups is 1. The lowest BCUT2D eigenvalue weighted by molar-refractivity contribution is 0.0742. The highest BCUT2D eigenvalue weighted by Gasteiger charge is 2.20. The van der Waals surface area contributed by atoms with E-state index in [1.807, 2.05) is 23.4 Å². The van der Waals surface area contributed by atoms with Gasteiger partial charge in [0.05, 0.1) is 17.5 Å². The molecule has 1 aliphatic rings. The first-order chi connectivity index (χ1) is 8.16. The van der Waals surface area contributed by atoms with Gasteiger partial charge in [0.25, 0.3) is 0 Å². The molecule has 0 radical (unpaired) electrons. The van der Waals surface area contributed by atoms with Crippen molar-refractivity contribution in [1.82, 2.24) is 4.90 Å². The number of hydrogen-bond donors (Lipinski definition) is 0. The minimum atomic E-state index is 0.173. The van der Waals surface area contributed by atoms with Crippen LogP contribution in [0.4, 0.5) is 0 Å². The van der Waals surface area contributed by atoms with Gasteiger partial charge in [0.15, 0.2) is 5.78 Å². The highest BCUT2D eigenvalue weighted by Crippen LogP contribution is 2.23. The van der Waals surface area contributed by atoms with E-state index in [4.69, 9.17) is 4.74 Å². The largest absolute Gasteiger partial charge is 0.377 e. The van der Waals surface area contributed by atoms with Gasteiger partial charge in [0, 0.05) is 17.6 Å². The highest BCUT2D eigenvalue weighted by atomic mass is 79.9. The van der Waals surface area contributed by atoms with E-state index in [9.17, 15) is 4.79 Å². The van der Waals surface area contributed by atoms with Crippen molar-refractivity contribution in [2.75, 3.05) is 26.7 Å². The molecule has 0 saturated carbocycles. The number of nitrogens with zero attached hydrogens (tertiary/aromatic N) is 1. The van der Waals surface area contributed by atoms with E-state index >= 15 is 0 Å². The summed E-state index contributed by atoms with van der Waals surface area (Å²) in [5.41, 5.74) is 0. The normalized spacial score (nSPS) is 20.1. The van der Waals surface area contributed by atoms with E-state index in [1.165, 1.54) is 11.3 Å². The second kappa shape index (κ2) is 6.09. The van der Waals surface area contributed by atoms with Gasteiger partial charge in [-0.25, -0.2) is 0 Å². The molecule has 1 saturated heterocycles. The van der Waals surface area contributed by atoms with E-state index in [0.717, 1.165) is 35.3 Å². The van der Waals surface area contributed by atoms with Gasteiger partial charge in [0.2, 0.25) is 0 Å². The molecule has 2 rings (SSSR count). The molecule has 0 aromatic carbocycles. The van der Waals surface area contributed by atoms with Crippen LogP contribution in [0.15, 0.2) is 15.9 Å². The molecule has 0 aliphatic carbocycles. The number of ketones is 1. The van der Waals surface area contributed by atoms with E-state index in [1.54, 1.807) is 0 Å². The Balaban J connectivity index is 1.83. The van der Waals surface area contributed by atoms with Crippen molar-refractivity contribution in [3.8, 4) is 0 Å². The molecular formula is C12H16BrNO2S. The van der Waals surface area contributed by atoms with E-state index in [0.29, 0.717) is 12.6 Å². The molecule has 0 spiro atoms. The first-order valence-electron chi connectivity index (χ1n) is 5.73. The highest BCUT2D eigenvalue weighted by molar-refractivity contribution is 9.10. The Kier molecular flexibility index (Phi) is 4.73. The third-order valence-electron chi connectivity index (χ3n) is 2.82. The van der Waals surface area contributed by atoms with Gasteiger partial charge in [-0.15, -0.1) is 11.3 Å². The van der Waals surface area contributed by atoms with E-state index in [-0.39, 0.29) is 5.78 Å². The lowest BCUT2D eigenvalue weighted by atomic mass is 10.2. The maximum atomic E-state index is 12.0. The Morgan fingerprint density at radius 1 is 1.71 bits per heavy atom. The number of hydrogen-bond acceptors (Lipinski definition) is 4. The molecule has 94 valence electrons. The summed E-state index contributed by atoms with van der Waals surface area (Å²) >= 11 is 4.88. The number of likely N-dealkylation sites (N-methyl/N-ethyl adjacent to an activating group) is 1. The zero-order valence-corrected chi connectivity index (χ0v) is 12.2. The summed E-state index contributed by atoms with van der Waals surface area (Å²) in [5.74, 6) is 0.173. The molecule has 1 unspecified atom stereocenters. The smallest absolute Gasteiger partial charge is 0.187 e. The van der Waals surface area contributed by atoms with Crippen LogP contribution in [0.25, 0.3) is 0 Å². The van der Waals surface area contributed by atoms with Gasteiger partial charge in [-0.2, -0.15) is 0 Å². The van der Waals surface area contributed by atoms with Crippen LogP contribution in [-0.4, -0.2) is 43.5 Å². The summed E-state index contributed by atoms with van der Waals surface area (Å²) in [5, 5.41) is 1.93. The van der Waals surface area contributed by atoms with Crippen molar-refractivity contribution in [3.05, 3.63) is 20.8 Å². The molecule has 0 bridgehead atoms. The standard InChI is InChI=1S/C12H16BrNO2S/c1-14(7-9-3-2-5-16-9)8-11(15)12-10(13)4-6-17-12/h4,6,9H,2-3,5,7-8H2,1H3. The van der Waals surface area contributed by atoms with Gasteiger partial charge in [-0.1, -0.05) is 0 Å². The van der Waals surface area contributed by atoms with Crippen LogP contribution in [0.3, 0.4) is 0 Å². The average molecular weight is 318 g/mol. The van der Waals surface area contributed by atoms with Crippen LogP contribution in [-0.2, 0) is 4.74 Å². The average Bonchev–Trinajstić information content (AvgIpc) is 2.88. The molecule has 1 fully saturated rings. The number of ether oxygens (including phenoxy) is 1. The molecule has 2 heterocycles. The van der Waals surface area contributed by atoms with E-state index in [2.05, 4.69) is 15.9 Å². The predicted molar refractivity (Wildman–Crippen MR) is 72.8 cm³/mol. The van der Waals surface area contributed by atoms with Crippen LogP contribution < -0.4 is 0 Å². The molecular weight excluding hydrogens is 302 g/mol. The molecule has 1 aliphatic heterocycles. The lowest BCUT2D eigenvalue weighted by Gasteiger charge is -2.19. The van der Waals surface area contributed by atoms with Crippen molar-refractivity contribution < 1.29 is 9.53 Å². The third-order valence-corrected chi connectivity index (χ3v) is 4.70. The van der Waals surface area contributed by atoms with Crippen molar-refractivity contribution in [3.63, 3.8) is 0 Å². The van der Waals surface area contributed by atoms with Crippen molar-refractivity contribution in [1.29, 1.82) is 0 Å². The number of carbonyl (C=O) groups excluding carboxylic acids is 1. The van der Waals surface area contributed by atoms with Crippen LogP contribution in [0.5, 0.6) is 0 Å². The number of rotatable bonds is 5. The van der Waals surface area contributed by atoms with Gasteiger partial charge >= 0.3 is 0 Å². The van der Waals surface area contributed by atoms with Crippen LogP contribution in [0.1, 0.15) is 22.5 Å². The topological polar surface area (TPSA) is 29.5 Å². The SMILES string of the molecule is CN(CC(=O)c1sccc1Br)CC1CCCO1. The maximum Gasteiger partial charge on any atom is 0.187 e. The van der Waals surface area contributed by atoms with Gasteiger partial charge < -0.3 is 4.74 Å². The predicted octanol–water partition coefficient (Wildman–Crippen LogP) is 2.80. The van der Waals surface area contributed by atoms with Gasteiger partial charge in [-0.3, -0.25) is 9.69 Å². The Bertz CT molecular complexity index is 388. The monoisotopic (exact) mass is 317 g/mol. The van der Waals surface area contributed by atoms with Crippen LogP contribution in [0, 0.1) is 0 Å². The quantitative estimate of drug-likeness (QED) is 0.782. The Hall–Kier alpha value is -0.230. The number of halogens is 1. The maximum absolute atomic E-state index is 12.0. The summed E-state index contributed by atoms with van der Waals surface area (Å²) in [4.78, 5) is 14.9. The summed E-state index contributed by atoms with van der Waals surface area (Å²) < 4.78 is 6.46.